The Balaban J connectivity index is 1.41. The molecular formula is C25H37N3O3. The number of fused-ring (bicyclic) bond motifs is 2. The molecule has 2 heterocycles. The largest absolute Gasteiger partial charge is 0.387 e. The lowest BCUT2D eigenvalue weighted by atomic mass is 9.82. The predicted octanol–water partition coefficient (Wildman–Crippen LogP) is 2.94. The lowest BCUT2D eigenvalue weighted by Crippen LogP contribution is -2.51. The molecule has 4 N–H and O–H groups in total. The van der Waals surface area contributed by atoms with Crippen molar-refractivity contribution in [2.24, 2.45) is 11.7 Å². The smallest absolute Gasteiger partial charge is 0.248 e. The van der Waals surface area contributed by atoms with E-state index in [1.165, 1.54) is 50.5 Å². The molecule has 1 aromatic carbocycles. The number of nitrogens with zero attached hydrogens (tertiary/aromatic N) is 1. The van der Waals surface area contributed by atoms with E-state index in [0.717, 1.165) is 25.8 Å². The molecule has 170 valence electrons. The molecule has 3 fully saturated rings. The van der Waals surface area contributed by atoms with E-state index in [0.29, 0.717) is 29.5 Å². The number of rotatable bonds is 8. The second-order valence-electron chi connectivity index (χ2n) is 9.90. The Morgan fingerprint density at radius 3 is 2.45 bits per heavy atom. The van der Waals surface area contributed by atoms with Crippen LogP contribution < -0.4 is 11.1 Å². The molecule has 6 heteroatoms. The first-order chi connectivity index (χ1) is 15.0. The Bertz CT molecular complexity index is 763. The van der Waals surface area contributed by atoms with Crippen LogP contribution in [0.4, 0.5) is 0 Å². The van der Waals surface area contributed by atoms with Crippen LogP contribution in [-0.4, -0.2) is 53.1 Å². The molecule has 4 rings (SSSR count). The van der Waals surface area contributed by atoms with Crippen molar-refractivity contribution in [3.05, 3.63) is 35.4 Å². The van der Waals surface area contributed by atoms with Crippen molar-refractivity contribution in [3.63, 3.8) is 0 Å². The summed E-state index contributed by atoms with van der Waals surface area (Å²) in [5.74, 6) is 0.514. The number of hydrogen-bond acceptors (Lipinski definition) is 4. The van der Waals surface area contributed by atoms with E-state index in [2.05, 4.69) is 16.3 Å². The van der Waals surface area contributed by atoms with Gasteiger partial charge in [-0.1, -0.05) is 44.2 Å². The maximum atomic E-state index is 12.0. The molecule has 2 saturated heterocycles. The number of primary amides is 1. The van der Waals surface area contributed by atoms with Gasteiger partial charge in [-0.2, -0.15) is 0 Å². The van der Waals surface area contributed by atoms with Crippen LogP contribution in [0.15, 0.2) is 24.3 Å². The number of nitrogens with two attached hydrogens (primary N) is 1. The molecule has 31 heavy (non-hydrogen) atoms. The molecule has 2 aliphatic heterocycles. The van der Waals surface area contributed by atoms with Gasteiger partial charge in [0.1, 0.15) is 6.61 Å². The van der Waals surface area contributed by atoms with Crippen molar-refractivity contribution in [2.45, 2.75) is 88.3 Å². The maximum absolute atomic E-state index is 12.0. The highest BCUT2D eigenvalue weighted by Gasteiger charge is 2.42. The van der Waals surface area contributed by atoms with Crippen LogP contribution in [-0.2, 0) is 4.79 Å². The Morgan fingerprint density at radius 1 is 1.10 bits per heavy atom. The Morgan fingerprint density at radius 2 is 1.81 bits per heavy atom. The number of nitrogens with one attached hydrogen (secondary N) is 1. The van der Waals surface area contributed by atoms with Gasteiger partial charge in [0, 0.05) is 30.2 Å². The fraction of sp³-hybridized carbons (Fsp3) is 0.680. The highest BCUT2D eigenvalue weighted by molar-refractivity contribution is 5.92. The molecule has 1 saturated carbocycles. The zero-order valence-electron chi connectivity index (χ0n) is 18.5. The summed E-state index contributed by atoms with van der Waals surface area (Å²) >= 11 is 0. The normalized spacial score (nSPS) is 27.7. The zero-order chi connectivity index (χ0) is 21.8. The van der Waals surface area contributed by atoms with Crippen LogP contribution in [0.2, 0.25) is 0 Å². The lowest BCUT2D eigenvalue weighted by Gasteiger charge is -2.41. The second-order valence-corrected chi connectivity index (χ2v) is 9.90. The summed E-state index contributed by atoms with van der Waals surface area (Å²) < 4.78 is 0. The maximum Gasteiger partial charge on any atom is 0.248 e. The van der Waals surface area contributed by atoms with Gasteiger partial charge in [0.15, 0.2) is 0 Å². The molecule has 1 unspecified atom stereocenters. The molecule has 2 amide bonds. The number of hydrogen-bond donors (Lipinski definition) is 3. The second kappa shape index (κ2) is 10.1. The summed E-state index contributed by atoms with van der Waals surface area (Å²) in [6.45, 7) is 0.442. The Labute approximate surface area is 185 Å². The van der Waals surface area contributed by atoms with E-state index in [1.807, 2.05) is 12.1 Å². The standard InChI is InChI=1S/C25H37N3O3/c26-25(31)19-8-4-7-18(12-19)20-13-22-9-10-23(14-20)28(22)15-21(27-24(30)16-29)11-17-5-2-1-3-6-17/h4,7-8,12,17,20-23,29H,1-3,5-6,9-11,13-16H2,(H2,26,31)(H,27,30)/t21?,22-,23-/m1/s1. The topological polar surface area (TPSA) is 95.7 Å². The molecule has 6 nitrogen and oxygen atoms in total. The van der Waals surface area contributed by atoms with Crippen molar-refractivity contribution in [2.75, 3.05) is 13.2 Å². The van der Waals surface area contributed by atoms with Crippen LogP contribution in [0.5, 0.6) is 0 Å². The molecular weight excluding hydrogens is 390 g/mol. The fourth-order valence-electron chi connectivity index (χ4n) is 6.32. The van der Waals surface area contributed by atoms with Crippen LogP contribution >= 0.6 is 0 Å². The molecule has 0 spiro atoms. The predicted molar refractivity (Wildman–Crippen MR) is 121 cm³/mol. The molecule has 0 aromatic heterocycles. The van der Waals surface area contributed by atoms with Gasteiger partial charge >= 0.3 is 0 Å². The van der Waals surface area contributed by atoms with E-state index < -0.39 is 6.61 Å². The number of carbonyl (C=O) groups excluding carboxylic acids is 2. The molecule has 3 atom stereocenters. The van der Waals surface area contributed by atoms with Crippen LogP contribution in [0.1, 0.15) is 86.0 Å². The number of aliphatic hydroxyl groups excluding tert-OH is 1. The van der Waals surface area contributed by atoms with Gasteiger partial charge in [0.2, 0.25) is 11.8 Å². The van der Waals surface area contributed by atoms with Gasteiger partial charge in [-0.15, -0.1) is 0 Å². The van der Waals surface area contributed by atoms with E-state index in [9.17, 15) is 14.7 Å². The van der Waals surface area contributed by atoms with Gasteiger partial charge in [-0.25, -0.2) is 0 Å². The quantitative estimate of drug-likeness (QED) is 0.594. The Kier molecular flexibility index (Phi) is 7.28. The highest BCUT2D eigenvalue weighted by Crippen LogP contribution is 2.43. The number of amides is 2. The lowest BCUT2D eigenvalue weighted by molar-refractivity contribution is -0.124. The highest BCUT2D eigenvalue weighted by atomic mass is 16.3. The van der Waals surface area contributed by atoms with E-state index in [1.54, 1.807) is 6.07 Å². The van der Waals surface area contributed by atoms with Crippen LogP contribution in [0, 0.1) is 5.92 Å². The molecule has 2 bridgehead atoms. The third kappa shape index (κ3) is 5.47. The first-order valence-corrected chi connectivity index (χ1v) is 12.1. The van der Waals surface area contributed by atoms with E-state index in [4.69, 9.17) is 5.73 Å². The zero-order valence-corrected chi connectivity index (χ0v) is 18.5. The van der Waals surface area contributed by atoms with Crippen LogP contribution in [0.3, 0.4) is 0 Å². The first-order valence-electron chi connectivity index (χ1n) is 12.1. The summed E-state index contributed by atoms with van der Waals surface area (Å²) in [5, 5.41) is 12.4. The SMILES string of the molecule is NC(=O)c1cccc(C2C[C@H]3CC[C@H](C2)N3CC(CC2CCCCC2)NC(=O)CO)c1. The molecule has 3 aliphatic rings. The monoisotopic (exact) mass is 427 g/mol. The Hall–Kier alpha value is -1.92. The average molecular weight is 428 g/mol. The van der Waals surface area contributed by atoms with Crippen molar-refractivity contribution in [1.29, 1.82) is 0 Å². The average Bonchev–Trinajstić information content (AvgIpc) is 3.00. The summed E-state index contributed by atoms with van der Waals surface area (Å²) in [4.78, 5) is 26.2. The van der Waals surface area contributed by atoms with E-state index in [-0.39, 0.29) is 17.9 Å². The minimum atomic E-state index is -0.438. The fourth-order valence-corrected chi connectivity index (χ4v) is 6.32. The number of benzene rings is 1. The summed E-state index contributed by atoms with van der Waals surface area (Å²) in [7, 11) is 0. The summed E-state index contributed by atoms with van der Waals surface area (Å²) in [6.07, 6.45) is 12.0. The van der Waals surface area contributed by atoms with Gasteiger partial charge in [0.05, 0.1) is 0 Å². The van der Waals surface area contributed by atoms with Gasteiger partial charge in [-0.3, -0.25) is 14.5 Å². The third-order valence-electron chi connectivity index (χ3n) is 7.81. The molecule has 1 aliphatic carbocycles. The summed E-state index contributed by atoms with van der Waals surface area (Å²) in [6, 6.07) is 8.96. The minimum absolute atomic E-state index is 0.112. The van der Waals surface area contributed by atoms with Crippen molar-refractivity contribution >= 4 is 11.8 Å². The van der Waals surface area contributed by atoms with E-state index >= 15 is 0 Å². The van der Waals surface area contributed by atoms with Crippen molar-refractivity contribution in [3.8, 4) is 0 Å². The van der Waals surface area contributed by atoms with Crippen LogP contribution in [0.25, 0.3) is 0 Å². The first kappa shape index (κ1) is 22.3. The minimum Gasteiger partial charge on any atom is -0.387 e. The van der Waals surface area contributed by atoms with Crippen molar-refractivity contribution < 1.29 is 14.7 Å². The van der Waals surface area contributed by atoms with Gasteiger partial charge in [0.25, 0.3) is 0 Å². The molecule has 0 radical (unpaired) electrons. The number of carbonyl (C=O) groups is 2. The summed E-state index contributed by atoms with van der Waals surface area (Å²) in [5.41, 5.74) is 7.30. The molecule has 1 aromatic rings. The number of piperidine rings is 1. The van der Waals surface area contributed by atoms with Gasteiger partial charge in [-0.05, 0) is 61.6 Å². The van der Waals surface area contributed by atoms with Gasteiger partial charge < -0.3 is 16.2 Å². The van der Waals surface area contributed by atoms with Crippen molar-refractivity contribution in [1.82, 2.24) is 10.2 Å². The third-order valence-corrected chi connectivity index (χ3v) is 7.81. The number of aliphatic hydroxyl groups is 1.